The summed E-state index contributed by atoms with van der Waals surface area (Å²) in [5, 5.41) is 20.8. The van der Waals surface area contributed by atoms with Crippen molar-refractivity contribution in [1.29, 1.82) is 0 Å². The van der Waals surface area contributed by atoms with Crippen molar-refractivity contribution in [2.24, 2.45) is 0 Å². The molecule has 0 saturated carbocycles. The van der Waals surface area contributed by atoms with Crippen LogP contribution in [0.5, 0.6) is 0 Å². The first-order valence-electron chi connectivity index (χ1n) is 12.0. The highest BCUT2D eigenvalue weighted by Crippen LogP contribution is 2.31. The first-order chi connectivity index (χ1) is 18.4. The van der Waals surface area contributed by atoms with Gasteiger partial charge in [0.2, 0.25) is 5.95 Å². The van der Waals surface area contributed by atoms with Gasteiger partial charge in [0.05, 0.1) is 31.8 Å². The summed E-state index contributed by atoms with van der Waals surface area (Å²) in [6, 6.07) is 7.03. The summed E-state index contributed by atoms with van der Waals surface area (Å²) >= 11 is 3.49. The van der Waals surface area contributed by atoms with E-state index in [1.54, 1.807) is 23.0 Å². The van der Waals surface area contributed by atoms with Gasteiger partial charge in [0.25, 0.3) is 0 Å². The minimum absolute atomic E-state index is 0.00627. The lowest BCUT2D eigenvalue weighted by atomic mass is 10.0. The van der Waals surface area contributed by atoms with Gasteiger partial charge >= 0.3 is 12.1 Å². The van der Waals surface area contributed by atoms with Gasteiger partial charge in [-0.05, 0) is 46.5 Å². The number of fused-ring (bicyclic) bond motifs is 2. The van der Waals surface area contributed by atoms with Crippen molar-refractivity contribution in [3.05, 3.63) is 46.2 Å². The third-order valence-electron chi connectivity index (χ3n) is 5.98. The molecule has 1 unspecified atom stereocenters. The predicted octanol–water partition coefficient (Wildman–Crippen LogP) is 4.11. The number of rotatable bonds is 10. The van der Waals surface area contributed by atoms with E-state index in [0.717, 1.165) is 18.4 Å². The zero-order valence-electron chi connectivity index (χ0n) is 21.2. The number of benzene rings is 1. The lowest BCUT2D eigenvalue weighted by Crippen LogP contribution is -2.23. The number of ether oxygens (including phenoxy) is 2. The van der Waals surface area contributed by atoms with E-state index in [9.17, 15) is 14.7 Å². The molecule has 0 bridgehead atoms. The highest BCUT2D eigenvalue weighted by Gasteiger charge is 2.22. The molecule has 13 heteroatoms. The molecule has 0 fully saturated rings. The first kappa shape index (κ1) is 27.2. The standard InChI is InChI=1S/C25H28BrN7O5/c1-4-6-15(10-12-34)28-22-20-19(29-24(30-22)31-25(36)38-3)21(26)32-33(20)13-14-8-9-17(23(35)37-2)16-7-5-11-27-18(14)16/h5,7-9,11,15,34H,4,6,10,12-13H2,1-3H3,(H2,28,29,30,31,36). The number of methoxy groups -OCH3 is 2. The zero-order valence-corrected chi connectivity index (χ0v) is 22.8. The van der Waals surface area contributed by atoms with Crippen LogP contribution in [-0.2, 0) is 16.0 Å². The third-order valence-corrected chi connectivity index (χ3v) is 6.51. The highest BCUT2D eigenvalue weighted by atomic mass is 79.9. The van der Waals surface area contributed by atoms with Crippen LogP contribution in [0.2, 0.25) is 0 Å². The molecular formula is C25H28BrN7O5. The predicted molar refractivity (Wildman–Crippen MR) is 145 cm³/mol. The Hall–Kier alpha value is -3.84. The monoisotopic (exact) mass is 585 g/mol. The minimum atomic E-state index is -0.706. The Bertz CT molecular complexity index is 1470. The molecule has 1 atom stereocenters. The second-order valence-corrected chi connectivity index (χ2v) is 9.21. The van der Waals surface area contributed by atoms with Crippen molar-refractivity contribution in [2.45, 2.75) is 38.8 Å². The Morgan fingerprint density at radius 2 is 1.95 bits per heavy atom. The fraction of sp³-hybridized carbons (Fsp3) is 0.360. The largest absolute Gasteiger partial charge is 0.465 e. The maximum atomic E-state index is 12.3. The van der Waals surface area contributed by atoms with Gasteiger partial charge < -0.3 is 19.9 Å². The molecule has 0 aliphatic rings. The fourth-order valence-corrected chi connectivity index (χ4v) is 4.72. The van der Waals surface area contributed by atoms with Crippen LogP contribution in [0.1, 0.15) is 42.1 Å². The fourth-order valence-electron chi connectivity index (χ4n) is 4.25. The quantitative estimate of drug-likeness (QED) is 0.231. The molecule has 0 saturated heterocycles. The van der Waals surface area contributed by atoms with Gasteiger partial charge in [-0.15, -0.1) is 0 Å². The van der Waals surface area contributed by atoms with Crippen LogP contribution in [0, 0.1) is 0 Å². The lowest BCUT2D eigenvalue weighted by Gasteiger charge is -2.19. The number of nitrogens with zero attached hydrogens (tertiary/aromatic N) is 5. The van der Waals surface area contributed by atoms with Crippen LogP contribution < -0.4 is 10.6 Å². The number of carbonyl (C=O) groups excluding carboxylic acids is 2. The van der Waals surface area contributed by atoms with Crippen molar-refractivity contribution in [3.8, 4) is 0 Å². The number of carbonyl (C=O) groups is 2. The molecule has 3 heterocycles. The molecule has 4 aromatic rings. The van der Waals surface area contributed by atoms with E-state index in [1.165, 1.54) is 14.2 Å². The number of pyridine rings is 1. The van der Waals surface area contributed by atoms with E-state index < -0.39 is 12.1 Å². The van der Waals surface area contributed by atoms with E-state index >= 15 is 0 Å². The van der Waals surface area contributed by atoms with Crippen LogP contribution in [-0.4, -0.2) is 68.8 Å². The number of esters is 1. The second kappa shape index (κ2) is 12.1. The Morgan fingerprint density at radius 1 is 1.13 bits per heavy atom. The summed E-state index contributed by atoms with van der Waals surface area (Å²) in [4.78, 5) is 37.7. The summed E-state index contributed by atoms with van der Waals surface area (Å²) in [7, 11) is 2.59. The first-order valence-corrected chi connectivity index (χ1v) is 12.8. The molecule has 0 radical (unpaired) electrons. The Kier molecular flexibility index (Phi) is 8.69. The van der Waals surface area contributed by atoms with Crippen LogP contribution in [0.3, 0.4) is 0 Å². The van der Waals surface area contributed by atoms with Crippen molar-refractivity contribution in [3.63, 3.8) is 0 Å². The molecule has 3 aromatic heterocycles. The topological polar surface area (TPSA) is 153 Å². The summed E-state index contributed by atoms with van der Waals surface area (Å²) in [5.41, 5.74) is 2.93. The van der Waals surface area contributed by atoms with Gasteiger partial charge in [0.15, 0.2) is 10.4 Å². The Labute approximate surface area is 226 Å². The van der Waals surface area contributed by atoms with Crippen LogP contribution >= 0.6 is 15.9 Å². The van der Waals surface area contributed by atoms with E-state index in [2.05, 4.69) is 53.5 Å². The van der Waals surface area contributed by atoms with Crippen LogP contribution in [0.25, 0.3) is 21.9 Å². The van der Waals surface area contributed by atoms with Gasteiger partial charge in [0.1, 0.15) is 11.0 Å². The normalized spacial score (nSPS) is 11.9. The molecule has 4 rings (SSSR count). The summed E-state index contributed by atoms with van der Waals surface area (Å²) < 4.78 is 11.8. The number of amides is 1. The van der Waals surface area contributed by atoms with Gasteiger partial charge in [0, 0.05) is 24.2 Å². The summed E-state index contributed by atoms with van der Waals surface area (Å²) in [6.45, 7) is 2.35. The zero-order chi connectivity index (χ0) is 27.2. The van der Waals surface area contributed by atoms with E-state index in [0.29, 0.717) is 44.3 Å². The maximum absolute atomic E-state index is 12.3. The molecule has 200 valence electrons. The molecule has 0 aliphatic carbocycles. The average Bonchev–Trinajstić information content (AvgIpc) is 3.23. The van der Waals surface area contributed by atoms with Crippen molar-refractivity contribution in [1.82, 2.24) is 24.7 Å². The van der Waals surface area contributed by atoms with Crippen LogP contribution in [0.4, 0.5) is 16.6 Å². The number of anilines is 2. The third kappa shape index (κ3) is 5.68. The molecule has 38 heavy (non-hydrogen) atoms. The van der Waals surface area contributed by atoms with E-state index in [-0.39, 0.29) is 25.1 Å². The second-order valence-electron chi connectivity index (χ2n) is 8.46. The smallest absolute Gasteiger partial charge is 0.413 e. The number of hydrogen-bond donors (Lipinski definition) is 3. The van der Waals surface area contributed by atoms with E-state index in [1.807, 2.05) is 12.1 Å². The number of aliphatic hydroxyl groups is 1. The van der Waals surface area contributed by atoms with Gasteiger partial charge in [-0.1, -0.05) is 25.5 Å². The highest BCUT2D eigenvalue weighted by molar-refractivity contribution is 9.10. The molecule has 12 nitrogen and oxygen atoms in total. The van der Waals surface area contributed by atoms with Crippen LogP contribution in [0.15, 0.2) is 35.1 Å². The van der Waals surface area contributed by atoms with Crippen molar-refractivity contribution < 1.29 is 24.2 Å². The summed E-state index contributed by atoms with van der Waals surface area (Å²) in [6.07, 6.45) is 3.16. The van der Waals surface area contributed by atoms with Gasteiger partial charge in [-0.3, -0.25) is 15.0 Å². The Morgan fingerprint density at radius 3 is 2.66 bits per heavy atom. The van der Waals surface area contributed by atoms with Gasteiger partial charge in [-0.2, -0.15) is 10.1 Å². The minimum Gasteiger partial charge on any atom is -0.465 e. The number of hydrogen-bond acceptors (Lipinski definition) is 10. The lowest BCUT2D eigenvalue weighted by molar-refractivity contribution is 0.0603. The van der Waals surface area contributed by atoms with Crippen molar-refractivity contribution >= 4 is 61.7 Å². The Balaban J connectivity index is 1.85. The van der Waals surface area contributed by atoms with E-state index in [4.69, 9.17) is 9.47 Å². The number of halogens is 1. The molecule has 1 amide bonds. The molecule has 1 aromatic carbocycles. The molecular weight excluding hydrogens is 558 g/mol. The summed E-state index contributed by atoms with van der Waals surface area (Å²) in [5.74, 6) is 0.0362. The van der Waals surface area contributed by atoms with Crippen molar-refractivity contribution in [2.75, 3.05) is 31.5 Å². The SMILES string of the molecule is CCCC(CCO)Nc1nc(NC(=O)OC)nc2c(Br)nn(Cc3ccc(C(=O)OC)c4cccnc34)c12. The maximum Gasteiger partial charge on any atom is 0.413 e. The average molecular weight is 586 g/mol. The van der Waals surface area contributed by atoms with Gasteiger partial charge in [-0.25, -0.2) is 14.6 Å². The molecule has 0 spiro atoms. The number of aliphatic hydroxyl groups excluding tert-OH is 1. The molecule has 0 aliphatic heterocycles. The number of aromatic nitrogens is 5. The molecule has 3 N–H and O–H groups in total. The number of nitrogens with one attached hydrogen (secondary N) is 2.